The van der Waals surface area contributed by atoms with Gasteiger partial charge in [-0.05, 0) is 24.8 Å². The molecular formula is C21H29N5O. The summed E-state index contributed by atoms with van der Waals surface area (Å²) in [7, 11) is 0. The number of fused-ring (bicyclic) bond motifs is 1. The van der Waals surface area contributed by atoms with Crippen LogP contribution in [0.2, 0.25) is 0 Å². The first-order valence-corrected chi connectivity index (χ1v) is 10.1. The maximum Gasteiger partial charge on any atom is 0.219 e. The first-order chi connectivity index (χ1) is 13.2. The van der Waals surface area contributed by atoms with Gasteiger partial charge < -0.3 is 14.4 Å². The van der Waals surface area contributed by atoms with E-state index in [1.54, 1.807) is 6.92 Å². The Kier molecular flexibility index (Phi) is 5.53. The van der Waals surface area contributed by atoms with Gasteiger partial charge in [0, 0.05) is 58.5 Å². The zero-order chi connectivity index (χ0) is 18.6. The maximum absolute atomic E-state index is 11.8. The van der Waals surface area contributed by atoms with Gasteiger partial charge in [0.25, 0.3) is 0 Å². The Labute approximate surface area is 161 Å². The minimum absolute atomic E-state index is 0.169. The molecule has 2 aromatic rings. The van der Waals surface area contributed by atoms with E-state index >= 15 is 0 Å². The molecule has 1 unspecified atom stereocenters. The molecule has 6 nitrogen and oxygen atoms in total. The molecule has 2 aliphatic heterocycles. The van der Waals surface area contributed by atoms with Crippen molar-refractivity contribution < 1.29 is 4.79 Å². The van der Waals surface area contributed by atoms with Crippen LogP contribution in [0.1, 0.15) is 42.9 Å². The lowest BCUT2D eigenvalue weighted by molar-refractivity contribution is -0.130. The highest BCUT2D eigenvalue weighted by Gasteiger charge is 2.28. The van der Waals surface area contributed by atoms with Crippen LogP contribution in [0, 0.1) is 0 Å². The quantitative estimate of drug-likeness (QED) is 0.831. The molecule has 0 aliphatic carbocycles. The Balaban J connectivity index is 1.39. The highest BCUT2D eigenvalue weighted by Crippen LogP contribution is 2.27. The number of carbonyl (C=O) groups is 1. The minimum Gasteiger partial charge on any atom is -0.342 e. The van der Waals surface area contributed by atoms with Crippen molar-refractivity contribution in [1.29, 1.82) is 0 Å². The molecule has 4 rings (SSSR count). The van der Waals surface area contributed by atoms with E-state index in [2.05, 4.69) is 50.0 Å². The summed E-state index contributed by atoms with van der Waals surface area (Å²) >= 11 is 0. The van der Waals surface area contributed by atoms with Crippen LogP contribution in [0.25, 0.3) is 0 Å². The third-order valence-corrected chi connectivity index (χ3v) is 5.94. The summed E-state index contributed by atoms with van der Waals surface area (Å²) in [5.41, 5.74) is 1.40. The smallest absolute Gasteiger partial charge is 0.219 e. The highest BCUT2D eigenvalue weighted by atomic mass is 16.2. The summed E-state index contributed by atoms with van der Waals surface area (Å²) in [6, 6.07) is 10.7. The molecule has 144 valence electrons. The van der Waals surface area contributed by atoms with Crippen molar-refractivity contribution >= 4 is 5.91 Å². The average molecular weight is 367 g/mol. The second-order valence-corrected chi connectivity index (χ2v) is 7.76. The Morgan fingerprint density at radius 3 is 2.78 bits per heavy atom. The van der Waals surface area contributed by atoms with Gasteiger partial charge in [-0.1, -0.05) is 30.3 Å². The minimum atomic E-state index is 0.169. The van der Waals surface area contributed by atoms with Crippen molar-refractivity contribution in [3.8, 4) is 0 Å². The molecule has 1 amide bonds. The number of benzene rings is 1. The molecule has 1 aromatic heterocycles. The van der Waals surface area contributed by atoms with Gasteiger partial charge in [-0.15, -0.1) is 10.2 Å². The van der Waals surface area contributed by atoms with Crippen LogP contribution >= 0.6 is 0 Å². The number of piperidine rings is 1. The number of hydrogen-bond donors (Lipinski definition) is 0. The van der Waals surface area contributed by atoms with Crippen LogP contribution < -0.4 is 0 Å². The van der Waals surface area contributed by atoms with Crippen molar-refractivity contribution in [2.24, 2.45) is 0 Å². The molecule has 1 atom stereocenters. The molecule has 6 heteroatoms. The molecule has 0 bridgehead atoms. The number of aromatic nitrogens is 3. The highest BCUT2D eigenvalue weighted by molar-refractivity contribution is 5.73. The van der Waals surface area contributed by atoms with E-state index in [1.807, 2.05) is 4.90 Å². The van der Waals surface area contributed by atoms with Gasteiger partial charge in [0.05, 0.1) is 0 Å². The lowest BCUT2D eigenvalue weighted by atomic mass is 9.97. The van der Waals surface area contributed by atoms with Crippen molar-refractivity contribution in [2.45, 2.75) is 45.1 Å². The number of likely N-dealkylation sites (tertiary alicyclic amines) is 1. The maximum atomic E-state index is 11.8. The molecule has 0 N–H and O–H groups in total. The molecule has 1 saturated heterocycles. The topological polar surface area (TPSA) is 54.3 Å². The molecular weight excluding hydrogens is 338 g/mol. The standard InChI is InChI=1S/C21H29N5O/c1-17(27)25-11-5-8-19(16-25)21-23-22-20-10-13-24(14-15-26(20)21)12-9-18-6-3-2-4-7-18/h2-4,6-7,19H,5,8-16H2,1H3. The van der Waals surface area contributed by atoms with Crippen LogP contribution in [0.3, 0.4) is 0 Å². The molecule has 0 radical (unpaired) electrons. The summed E-state index contributed by atoms with van der Waals surface area (Å²) in [4.78, 5) is 16.3. The van der Waals surface area contributed by atoms with Crippen molar-refractivity contribution in [3.05, 3.63) is 47.5 Å². The Bertz CT molecular complexity index is 772. The van der Waals surface area contributed by atoms with Crippen molar-refractivity contribution in [2.75, 3.05) is 32.7 Å². The SMILES string of the molecule is CC(=O)N1CCCC(c2nnc3n2CCN(CCc2ccccc2)CC3)C1. The molecule has 0 spiro atoms. The third kappa shape index (κ3) is 4.21. The molecule has 1 fully saturated rings. The summed E-state index contributed by atoms with van der Waals surface area (Å²) in [6.07, 6.45) is 4.19. The second-order valence-electron chi connectivity index (χ2n) is 7.76. The monoisotopic (exact) mass is 367 g/mol. The van der Waals surface area contributed by atoms with Gasteiger partial charge in [-0.25, -0.2) is 0 Å². The van der Waals surface area contributed by atoms with Gasteiger partial charge in [0.1, 0.15) is 11.6 Å². The fourth-order valence-corrected chi connectivity index (χ4v) is 4.32. The van der Waals surface area contributed by atoms with E-state index in [-0.39, 0.29) is 5.91 Å². The van der Waals surface area contributed by atoms with Crippen LogP contribution in [0.15, 0.2) is 30.3 Å². The largest absolute Gasteiger partial charge is 0.342 e. The molecule has 0 saturated carbocycles. The van der Waals surface area contributed by atoms with E-state index < -0.39 is 0 Å². The Morgan fingerprint density at radius 1 is 1.11 bits per heavy atom. The number of nitrogens with zero attached hydrogens (tertiary/aromatic N) is 5. The molecule has 27 heavy (non-hydrogen) atoms. The van der Waals surface area contributed by atoms with Crippen molar-refractivity contribution in [3.63, 3.8) is 0 Å². The average Bonchev–Trinajstić information content (AvgIpc) is 3.00. The van der Waals surface area contributed by atoms with Gasteiger partial charge in [-0.3, -0.25) is 4.79 Å². The van der Waals surface area contributed by atoms with Gasteiger partial charge in [-0.2, -0.15) is 0 Å². The third-order valence-electron chi connectivity index (χ3n) is 5.94. The fourth-order valence-electron chi connectivity index (χ4n) is 4.32. The number of amides is 1. The fraction of sp³-hybridized carbons (Fsp3) is 0.571. The van der Waals surface area contributed by atoms with Gasteiger partial charge in [0.2, 0.25) is 5.91 Å². The molecule has 2 aliphatic rings. The van der Waals surface area contributed by atoms with Crippen LogP contribution in [-0.2, 0) is 24.2 Å². The predicted molar refractivity (Wildman–Crippen MR) is 105 cm³/mol. The van der Waals surface area contributed by atoms with E-state index in [4.69, 9.17) is 0 Å². The zero-order valence-electron chi connectivity index (χ0n) is 16.2. The first-order valence-electron chi connectivity index (χ1n) is 10.1. The van der Waals surface area contributed by atoms with Crippen molar-refractivity contribution in [1.82, 2.24) is 24.6 Å². The lowest BCUT2D eigenvalue weighted by Crippen LogP contribution is -2.38. The number of carbonyl (C=O) groups excluding carboxylic acids is 1. The lowest BCUT2D eigenvalue weighted by Gasteiger charge is -2.31. The Hall–Kier alpha value is -2.21. The Morgan fingerprint density at radius 2 is 1.96 bits per heavy atom. The van der Waals surface area contributed by atoms with Gasteiger partial charge in [0.15, 0.2) is 0 Å². The summed E-state index contributed by atoms with van der Waals surface area (Å²) < 4.78 is 2.33. The molecule has 1 aromatic carbocycles. The van der Waals surface area contributed by atoms with Gasteiger partial charge >= 0.3 is 0 Å². The number of hydrogen-bond acceptors (Lipinski definition) is 4. The van der Waals surface area contributed by atoms with E-state index in [0.717, 1.165) is 76.6 Å². The first kappa shape index (κ1) is 18.2. The molecule has 3 heterocycles. The predicted octanol–water partition coefficient (Wildman–Crippen LogP) is 2.10. The second kappa shape index (κ2) is 8.21. The van der Waals surface area contributed by atoms with E-state index in [9.17, 15) is 4.79 Å². The van der Waals surface area contributed by atoms with E-state index in [0.29, 0.717) is 5.92 Å². The summed E-state index contributed by atoms with van der Waals surface area (Å²) in [5, 5.41) is 9.03. The zero-order valence-corrected chi connectivity index (χ0v) is 16.2. The summed E-state index contributed by atoms with van der Waals surface area (Å²) in [6.45, 7) is 7.42. The number of rotatable bonds is 4. The van der Waals surface area contributed by atoms with E-state index in [1.165, 1.54) is 5.56 Å². The normalized spacial score (nSPS) is 20.9. The van der Waals surface area contributed by atoms with Crippen LogP contribution in [-0.4, -0.2) is 63.2 Å². The summed E-state index contributed by atoms with van der Waals surface area (Å²) in [5.74, 6) is 2.68. The van der Waals surface area contributed by atoms with Crippen LogP contribution in [0.5, 0.6) is 0 Å². The van der Waals surface area contributed by atoms with Crippen LogP contribution in [0.4, 0.5) is 0 Å².